The third-order valence-corrected chi connectivity index (χ3v) is 2.92. The molecule has 0 aromatic heterocycles. The van der Waals surface area contributed by atoms with Crippen molar-refractivity contribution in [3.8, 4) is 0 Å². The van der Waals surface area contributed by atoms with Gasteiger partial charge in [0.25, 0.3) is 0 Å². The zero-order chi connectivity index (χ0) is 12.1. The Hall–Kier alpha value is -0.900. The Labute approximate surface area is 96.3 Å². The number of Topliss-reactive ketones (excluding diaryl/α,β-unsaturated/α-hetero) is 1. The van der Waals surface area contributed by atoms with Crippen molar-refractivity contribution in [2.75, 3.05) is 6.61 Å². The van der Waals surface area contributed by atoms with Gasteiger partial charge in [0, 0.05) is 25.9 Å². The van der Waals surface area contributed by atoms with Gasteiger partial charge in [0.2, 0.25) is 0 Å². The number of ketones is 1. The number of esters is 1. The molecule has 1 fully saturated rings. The number of carbonyl (C=O) groups is 2. The summed E-state index contributed by atoms with van der Waals surface area (Å²) in [5, 5.41) is 0. The Kier molecular flexibility index (Phi) is 4.93. The molecule has 0 spiro atoms. The van der Waals surface area contributed by atoms with E-state index in [-0.39, 0.29) is 29.9 Å². The molecule has 0 aromatic carbocycles. The highest BCUT2D eigenvalue weighted by atomic mass is 16.6. The highest BCUT2D eigenvalue weighted by Gasteiger charge is 2.37. The Bertz CT molecular complexity index is 262. The molecule has 0 saturated heterocycles. The topological polar surface area (TPSA) is 52.6 Å². The van der Waals surface area contributed by atoms with Crippen LogP contribution in [0.4, 0.5) is 0 Å². The molecule has 0 radical (unpaired) electrons. The molecule has 3 unspecified atom stereocenters. The summed E-state index contributed by atoms with van der Waals surface area (Å²) in [6.07, 6.45) is 1.74. The van der Waals surface area contributed by atoms with E-state index in [1.807, 2.05) is 6.92 Å². The van der Waals surface area contributed by atoms with Gasteiger partial charge in [0.1, 0.15) is 18.0 Å². The van der Waals surface area contributed by atoms with E-state index in [9.17, 15) is 9.59 Å². The van der Waals surface area contributed by atoms with E-state index in [0.717, 1.165) is 12.8 Å². The van der Waals surface area contributed by atoms with Crippen molar-refractivity contribution >= 4 is 11.8 Å². The first-order valence-electron chi connectivity index (χ1n) is 5.87. The second kappa shape index (κ2) is 5.99. The average Bonchev–Trinajstić information content (AvgIpc) is 2.59. The first-order chi connectivity index (χ1) is 7.56. The van der Waals surface area contributed by atoms with Crippen molar-refractivity contribution in [2.24, 2.45) is 5.92 Å². The molecule has 1 aliphatic rings. The molecule has 16 heavy (non-hydrogen) atoms. The van der Waals surface area contributed by atoms with Gasteiger partial charge in [-0.15, -0.1) is 0 Å². The highest BCUT2D eigenvalue weighted by molar-refractivity contribution is 5.83. The van der Waals surface area contributed by atoms with Crippen LogP contribution in [0.1, 0.15) is 40.0 Å². The lowest BCUT2D eigenvalue weighted by Gasteiger charge is -2.27. The molecular weight excluding hydrogens is 208 g/mol. The Balaban J connectivity index is 2.65. The Morgan fingerprint density at radius 2 is 2.25 bits per heavy atom. The average molecular weight is 228 g/mol. The smallest absolute Gasteiger partial charge is 0.302 e. The van der Waals surface area contributed by atoms with Crippen LogP contribution in [0.25, 0.3) is 0 Å². The summed E-state index contributed by atoms with van der Waals surface area (Å²) in [7, 11) is 0. The van der Waals surface area contributed by atoms with Crippen LogP contribution in [0, 0.1) is 5.92 Å². The number of hydrogen-bond donors (Lipinski definition) is 0. The minimum absolute atomic E-state index is 0.103. The quantitative estimate of drug-likeness (QED) is 0.672. The fourth-order valence-corrected chi connectivity index (χ4v) is 2.29. The predicted octanol–water partition coefficient (Wildman–Crippen LogP) is 1.71. The van der Waals surface area contributed by atoms with E-state index in [2.05, 4.69) is 0 Å². The zero-order valence-electron chi connectivity index (χ0n) is 10.2. The van der Waals surface area contributed by atoms with Crippen LogP contribution in [-0.2, 0) is 19.1 Å². The summed E-state index contributed by atoms with van der Waals surface area (Å²) in [6, 6.07) is 0. The van der Waals surface area contributed by atoms with E-state index in [0.29, 0.717) is 13.0 Å². The first kappa shape index (κ1) is 13.2. The molecule has 0 bridgehead atoms. The number of rotatable bonds is 5. The maximum atomic E-state index is 11.7. The van der Waals surface area contributed by atoms with E-state index in [1.165, 1.54) is 6.92 Å². The van der Waals surface area contributed by atoms with Crippen molar-refractivity contribution in [3.63, 3.8) is 0 Å². The molecule has 1 aliphatic carbocycles. The molecule has 92 valence electrons. The third kappa shape index (κ3) is 3.30. The maximum Gasteiger partial charge on any atom is 0.302 e. The molecular formula is C12H20O4. The molecule has 0 aromatic rings. The molecule has 3 atom stereocenters. The molecule has 1 rings (SSSR count). The van der Waals surface area contributed by atoms with Crippen LogP contribution >= 0.6 is 0 Å². The summed E-state index contributed by atoms with van der Waals surface area (Å²) in [4.78, 5) is 22.6. The van der Waals surface area contributed by atoms with Crippen LogP contribution in [0.3, 0.4) is 0 Å². The Morgan fingerprint density at radius 3 is 2.69 bits per heavy atom. The number of carbonyl (C=O) groups excluding carboxylic acids is 2. The van der Waals surface area contributed by atoms with Gasteiger partial charge < -0.3 is 9.47 Å². The van der Waals surface area contributed by atoms with Gasteiger partial charge in [0.05, 0.1) is 0 Å². The molecule has 0 N–H and O–H groups in total. The third-order valence-electron chi connectivity index (χ3n) is 2.92. The summed E-state index contributed by atoms with van der Waals surface area (Å²) in [5.74, 6) is -0.200. The van der Waals surface area contributed by atoms with Crippen molar-refractivity contribution in [2.45, 2.75) is 52.2 Å². The second-order valence-corrected chi connectivity index (χ2v) is 4.20. The second-order valence-electron chi connectivity index (χ2n) is 4.20. The Morgan fingerprint density at radius 1 is 1.56 bits per heavy atom. The molecule has 4 heteroatoms. The van der Waals surface area contributed by atoms with Crippen LogP contribution in [0.15, 0.2) is 0 Å². The lowest BCUT2D eigenvalue weighted by Crippen LogP contribution is -2.38. The molecule has 1 saturated carbocycles. The fourth-order valence-electron chi connectivity index (χ4n) is 2.29. The SMILES string of the molecule is CCOC(C(C)OC(C)=O)C1CCCC1=O. The monoisotopic (exact) mass is 228 g/mol. The first-order valence-corrected chi connectivity index (χ1v) is 5.87. The van der Waals surface area contributed by atoms with Gasteiger partial charge in [-0.1, -0.05) is 0 Å². The van der Waals surface area contributed by atoms with Gasteiger partial charge in [-0.3, -0.25) is 9.59 Å². The lowest BCUT2D eigenvalue weighted by molar-refractivity contribution is -0.158. The molecule has 4 nitrogen and oxygen atoms in total. The molecule has 0 aliphatic heterocycles. The van der Waals surface area contributed by atoms with Crippen molar-refractivity contribution in [1.82, 2.24) is 0 Å². The van der Waals surface area contributed by atoms with Crippen LogP contribution in [-0.4, -0.2) is 30.6 Å². The van der Waals surface area contributed by atoms with Gasteiger partial charge >= 0.3 is 5.97 Å². The predicted molar refractivity (Wildman–Crippen MR) is 59.0 cm³/mol. The summed E-state index contributed by atoms with van der Waals surface area (Å²) in [6.45, 7) is 5.57. The van der Waals surface area contributed by atoms with E-state index >= 15 is 0 Å². The lowest BCUT2D eigenvalue weighted by atomic mass is 9.96. The van der Waals surface area contributed by atoms with E-state index in [4.69, 9.17) is 9.47 Å². The van der Waals surface area contributed by atoms with Gasteiger partial charge in [-0.05, 0) is 26.7 Å². The number of ether oxygens (including phenoxy) is 2. The number of hydrogen-bond acceptors (Lipinski definition) is 4. The molecule has 0 amide bonds. The summed E-state index contributed by atoms with van der Waals surface area (Å²) < 4.78 is 10.7. The van der Waals surface area contributed by atoms with Gasteiger partial charge in [0.15, 0.2) is 0 Å². The van der Waals surface area contributed by atoms with E-state index < -0.39 is 0 Å². The molecule has 0 heterocycles. The largest absolute Gasteiger partial charge is 0.460 e. The van der Waals surface area contributed by atoms with Crippen LogP contribution in [0.2, 0.25) is 0 Å². The van der Waals surface area contributed by atoms with Crippen molar-refractivity contribution in [1.29, 1.82) is 0 Å². The van der Waals surface area contributed by atoms with Crippen LogP contribution < -0.4 is 0 Å². The zero-order valence-corrected chi connectivity index (χ0v) is 10.2. The standard InChI is InChI=1S/C12H20O4/c1-4-15-12(8(2)16-9(3)13)10-6-5-7-11(10)14/h8,10,12H,4-7H2,1-3H3. The minimum Gasteiger partial charge on any atom is -0.460 e. The van der Waals surface area contributed by atoms with Gasteiger partial charge in [-0.25, -0.2) is 0 Å². The highest BCUT2D eigenvalue weighted by Crippen LogP contribution is 2.28. The maximum absolute atomic E-state index is 11.7. The summed E-state index contributed by atoms with van der Waals surface area (Å²) in [5.41, 5.74) is 0. The van der Waals surface area contributed by atoms with Gasteiger partial charge in [-0.2, -0.15) is 0 Å². The van der Waals surface area contributed by atoms with E-state index in [1.54, 1.807) is 6.92 Å². The minimum atomic E-state index is -0.357. The fraction of sp³-hybridized carbons (Fsp3) is 0.833. The summed E-state index contributed by atoms with van der Waals surface area (Å²) >= 11 is 0. The van der Waals surface area contributed by atoms with Crippen molar-refractivity contribution in [3.05, 3.63) is 0 Å². The van der Waals surface area contributed by atoms with Crippen LogP contribution in [0.5, 0.6) is 0 Å². The normalized spacial score (nSPS) is 24.2. The van der Waals surface area contributed by atoms with Crippen molar-refractivity contribution < 1.29 is 19.1 Å².